The molecule has 4 rings (SSSR count). The second-order valence-electron chi connectivity index (χ2n) is 7.81. The van der Waals surface area contributed by atoms with Gasteiger partial charge in [0, 0.05) is 25.5 Å². The van der Waals surface area contributed by atoms with Crippen molar-refractivity contribution in [3.8, 4) is 0 Å². The largest absolute Gasteiger partial charge is 0.335 e. The molecule has 2 heterocycles. The molecule has 2 amide bonds. The Morgan fingerprint density at radius 1 is 0.909 bits per heavy atom. The highest BCUT2D eigenvalue weighted by atomic mass is 32.2. The van der Waals surface area contributed by atoms with E-state index in [2.05, 4.69) is 36.1 Å². The van der Waals surface area contributed by atoms with Crippen molar-refractivity contribution in [3.63, 3.8) is 0 Å². The summed E-state index contributed by atoms with van der Waals surface area (Å²) in [7, 11) is 3.18. The second kappa shape index (κ2) is 9.37. The van der Waals surface area contributed by atoms with Crippen LogP contribution in [0.25, 0.3) is 10.6 Å². The highest BCUT2D eigenvalue weighted by Gasteiger charge is 2.36. The van der Waals surface area contributed by atoms with Gasteiger partial charge in [-0.3, -0.25) is 19.4 Å². The van der Waals surface area contributed by atoms with Crippen molar-refractivity contribution in [2.24, 2.45) is 0 Å². The molecule has 2 aromatic rings. The van der Waals surface area contributed by atoms with E-state index < -0.39 is 0 Å². The first-order chi connectivity index (χ1) is 15.8. The minimum Gasteiger partial charge on any atom is -0.335 e. The lowest BCUT2D eigenvalue weighted by atomic mass is 10.1. The number of nitrogens with zero attached hydrogens (tertiary/aromatic N) is 3. The number of carbonyl (C=O) groups is 2. The minimum absolute atomic E-state index is 0.115. The van der Waals surface area contributed by atoms with Crippen LogP contribution in [-0.4, -0.2) is 52.3 Å². The monoisotopic (exact) mass is 475 g/mol. The number of rotatable bonds is 4. The van der Waals surface area contributed by atoms with Gasteiger partial charge in [0.05, 0.1) is 10.7 Å². The first-order valence-corrected chi connectivity index (χ1v) is 11.9. The number of hydrogen-bond acceptors (Lipinski definition) is 5. The molecule has 2 aromatic carbocycles. The topological polar surface area (TPSA) is 43.9 Å². The number of thiocarbonyl (C=S) groups is 1. The quantitative estimate of drug-likeness (QED) is 0.356. The van der Waals surface area contributed by atoms with Crippen LogP contribution in [0.15, 0.2) is 82.9 Å². The predicted octanol–water partition coefficient (Wildman–Crippen LogP) is 4.95. The van der Waals surface area contributed by atoms with Gasteiger partial charge in [-0.2, -0.15) is 0 Å². The van der Waals surface area contributed by atoms with Crippen molar-refractivity contribution >= 4 is 51.5 Å². The maximum atomic E-state index is 12.8. The van der Waals surface area contributed by atoms with E-state index in [1.807, 2.05) is 43.3 Å². The summed E-state index contributed by atoms with van der Waals surface area (Å²) in [4.78, 5) is 31.7. The van der Waals surface area contributed by atoms with Crippen LogP contribution in [0.2, 0.25) is 0 Å². The van der Waals surface area contributed by atoms with Gasteiger partial charge in [-0.1, -0.05) is 72.4 Å². The molecule has 0 saturated carbocycles. The van der Waals surface area contributed by atoms with Crippen LogP contribution in [0.1, 0.15) is 25.0 Å². The van der Waals surface area contributed by atoms with E-state index in [4.69, 9.17) is 12.2 Å². The van der Waals surface area contributed by atoms with Gasteiger partial charge in [-0.15, -0.1) is 0 Å². The van der Waals surface area contributed by atoms with Crippen LogP contribution in [0.4, 0.5) is 0 Å². The number of allylic oxidation sites excluding steroid dienone is 2. The van der Waals surface area contributed by atoms with Crippen LogP contribution in [0, 0.1) is 0 Å². The molecule has 0 unspecified atom stereocenters. The summed E-state index contributed by atoms with van der Waals surface area (Å²) in [6.45, 7) is 4.80. The Labute approximate surface area is 204 Å². The molecule has 0 aliphatic carbocycles. The maximum absolute atomic E-state index is 12.8. The molecule has 0 spiro atoms. The average molecular weight is 476 g/mol. The molecule has 0 bridgehead atoms. The first kappa shape index (κ1) is 23.0. The van der Waals surface area contributed by atoms with Gasteiger partial charge >= 0.3 is 0 Å². The molecule has 0 atom stereocenters. The molecule has 2 aliphatic rings. The van der Waals surface area contributed by atoms with Crippen molar-refractivity contribution in [2.45, 2.75) is 13.8 Å². The van der Waals surface area contributed by atoms with E-state index >= 15 is 0 Å². The standard InChI is InChI=1S/C26H25N3O2S2/c1-5-29-21(18-12-8-6-9-13-18)22(19-14-10-7-11-15-19)33-25(29)17(2)16-20-23(30)27(3)26(32)28(4)24(20)31/h6-16H,5H2,1-4H3/b25-17+. The van der Waals surface area contributed by atoms with Crippen molar-refractivity contribution in [3.05, 3.63) is 94.0 Å². The molecule has 0 aromatic heterocycles. The van der Waals surface area contributed by atoms with E-state index in [0.29, 0.717) is 0 Å². The van der Waals surface area contributed by atoms with Crippen molar-refractivity contribution in [1.82, 2.24) is 14.7 Å². The van der Waals surface area contributed by atoms with Gasteiger partial charge in [0.15, 0.2) is 5.11 Å². The third-order valence-corrected chi connectivity index (χ3v) is 7.59. The van der Waals surface area contributed by atoms with Gasteiger partial charge in [0.25, 0.3) is 11.8 Å². The number of thioether (sulfide) groups is 1. The summed E-state index contributed by atoms with van der Waals surface area (Å²) in [5.74, 6) is -0.762. The highest BCUT2D eigenvalue weighted by molar-refractivity contribution is 8.12. The Hall–Kier alpha value is -3.16. The fraction of sp³-hybridized carbons (Fsp3) is 0.192. The lowest BCUT2D eigenvalue weighted by Gasteiger charge is -2.32. The Morgan fingerprint density at radius 3 is 1.94 bits per heavy atom. The summed E-state index contributed by atoms with van der Waals surface area (Å²) in [6, 6.07) is 20.6. The summed E-state index contributed by atoms with van der Waals surface area (Å²) in [5.41, 5.74) is 4.34. The van der Waals surface area contributed by atoms with E-state index in [1.165, 1.54) is 9.80 Å². The molecule has 5 nitrogen and oxygen atoms in total. The number of benzene rings is 2. The van der Waals surface area contributed by atoms with Crippen LogP contribution in [-0.2, 0) is 9.59 Å². The van der Waals surface area contributed by atoms with E-state index in [1.54, 1.807) is 31.9 Å². The molecule has 1 fully saturated rings. The third-order valence-electron chi connectivity index (χ3n) is 5.67. The lowest BCUT2D eigenvalue weighted by Crippen LogP contribution is -2.52. The molecule has 0 radical (unpaired) electrons. The molecular weight excluding hydrogens is 450 g/mol. The fourth-order valence-corrected chi connectivity index (χ4v) is 5.43. The second-order valence-corrected chi connectivity index (χ2v) is 9.18. The lowest BCUT2D eigenvalue weighted by molar-refractivity contribution is -0.132. The number of carbonyl (C=O) groups excluding carboxylic acids is 2. The SMILES string of the molecule is CCN1C(c2ccccc2)=C(c2ccccc2)S/C1=C(\C)C=C1C(=O)N(C)C(=S)N(C)C1=O. The molecular formula is C26H25N3O2S2. The van der Waals surface area contributed by atoms with E-state index in [0.717, 1.165) is 38.9 Å². The van der Waals surface area contributed by atoms with Crippen molar-refractivity contribution in [1.29, 1.82) is 0 Å². The van der Waals surface area contributed by atoms with Gasteiger partial charge in [0.2, 0.25) is 0 Å². The van der Waals surface area contributed by atoms with Gasteiger partial charge in [-0.05, 0) is 48.8 Å². The van der Waals surface area contributed by atoms with Crippen molar-refractivity contribution < 1.29 is 9.59 Å². The van der Waals surface area contributed by atoms with Crippen LogP contribution in [0.5, 0.6) is 0 Å². The normalized spacial score (nSPS) is 18.5. The van der Waals surface area contributed by atoms with E-state index in [9.17, 15) is 9.59 Å². The van der Waals surface area contributed by atoms with Crippen LogP contribution in [0.3, 0.4) is 0 Å². The van der Waals surface area contributed by atoms with Gasteiger partial charge < -0.3 is 4.90 Å². The zero-order chi connectivity index (χ0) is 23.7. The summed E-state index contributed by atoms with van der Waals surface area (Å²) < 4.78 is 0. The molecule has 0 N–H and O–H groups in total. The van der Waals surface area contributed by atoms with Crippen LogP contribution < -0.4 is 0 Å². The predicted molar refractivity (Wildman–Crippen MR) is 139 cm³/mol. The zero-order valence-corrected chi connectivity index (χ0v) is 20.7. The summed E-state index contributed by atoms with van der Waals surface area (Å²) >= 11 is 6.87. The summed E-state index contributed by atoms with van der Waals surface area (Å²) in [5, 5.41) is 1.21. The van der Waals surface area contributed by atoms with Gasteiger partial charge in [0.1, 0.15) is 5.57 Å². The average Bonchev–Trinajstić information content (AvgIpc) is 3.25. The Bertz CT molecular complexity index is 1190. The number of hydrogen-bond donors (Lipinski definition) is 0. The molecule has 168 valence electrons. The molecule has 2 aliphatic heterocycles. The maximum Gasteiger partial charge on any atom is 0.265 e. The molecule has 1 saturated heterocycles. The fourth-order valence-electron chi connectivity index (χ4n) is 3.94. The van der Waals surface area contributed by atoms with E-state index in [-0.39, 0.29) is 22.5 Å². The Balaban J connectivity index is 1.84. The number of likely N-dealkylation sites (N-methyl/N-ethyl adjacent to an activating group) is 2. The van der Waals surface area contributed by atoms with Crippen LogP contribution >= 0.6 is 24.0 Å². The van der Waals surface area contributed by atoms with Gasteiger partial charge in [-0.25, -0.2) is 0 Å². The first-order valence-electron chi connectivity index (χ1n) is 10.7. The molecule has 33 heavy (non-hydrogen) atoms. The van der Waals surface area contributed by atoms with Crippen molar-refractivity contribution in [2.75, 3.05) is 20.6 Å². The Morgan fingerprint density at radius 2 is 1.42 bits per heavy atom. The number of amides is 2. The molecule has 7 heteroatoms. The Kier molecular flexibility index (Phi) is 6.54. The zero-order valence-electron chi connectivity index (χ0n) is 19.0. The highest BCUT2D eigenvalue weighted by Crippen LogP contribution is 2.51. The summed E-state index contributed by atoms with van der Waals surface area (Å²) in [6.07, 6.45) is 1.70. The third kappa shape index (κ3) is 4.14. The smallest absolute Gasteiger partial charge is 0.265 e. The minimum atomic E-state index is -0.381.